The molecule has 3 atom stereocenters. The smallest absolute Gasteiger partial charge is 0.366 e. The third kappa shape index (κ3) is 19.5. The average Bonchev–Trinajstić information content (AvgIpc) is 3.10. The predicted molar refractivity (Wildman–Crippen MR) is 149 cm³/mol. The molecule has 0 spiro atoms. The van der Waals surface area contributed by atoms with Crippen LogP contribution in [0.5, 0.6) is 0 Å². The van der Waals surface area contributed by atoms with Crippen LogP contribution in [0.1, 0.15) is 136 Å². The molecule has 1 saturated carbocycles. The molecule has 34 heavy (non-hydrogen) atoms. The maximum absolute atomic E-state index is 10.4. The van der Waals surface area contributed by atoms with E-state index in [2.05, 4.69) is 30.1 Å². The van der Waals surface area contributed by atoms with Gasteiger partial charge in [0.25, 0.3) is 0 Å². The summed E-state index contributed by atoms with van der Waals surface area (Å²) in [5.41, 5.74) is 0. The van der Waals surface area contributed by atoms with Crippen molar-refractivity contribution in [3.05, 3.63) is 0 Å². The van der Waals surface area contributed by atoms with E-state index >= 15 is 0 Å². The van der Waals surface area contributed by atoms with Gasteiger partial charge in [-0.05, 0) is 55.9 Å². The third-order valence-corrected chi connectivity index (χ3v) is 8.93. The molecule has 0 amide bonds. The summed E-state index contributed by atoms with van der Waals surface area (Å²) < 4.78 is 20.8. The van der Waals surface area contributed by atoms with E-state index in [0.717, 1.165) is 18.3 Å². The van der Waals surface area contributed by atoms with Crippen molar-refractivity contribution in [2.45, 2.75) is 142 Å². The lowest BCUT2D eigenvalue weighted by Crippen LogP contribution is -2.15. The maximum Gasteiger partial charge on any atom is 0.366 e. The van der Waals surface area contributed by atoms with Gasteiger partial charge in [0.1, 0.15) is 0 Å². The molecular formula is C28H56O4PS. The highest BCUT2D eigenvalue weighted by molar-refractivity contribution is 7.99. The molecular weight excluding hydrogens is 463 g/mol. The largest absolute Gasteiger partial charge is 0.378 e. The van der Waals surface area contributed by atoms with E-state index in [9.17, 15) is 4.57 Å². The zero-order valence-electron chi connectivity index (χ0n) is 22.5. The molecule has 0 aromatic heterocycles. The topological polar surface area (TPSA) is 55.8 Å². The maximum atomic E-state index is 10.4. The van der Waals surface area contributed by atoms with Crippen molar-refractivity contribution in [2.75, 3.05) is 24.7 Å². The molecule has 0 aliphatic heterocycles. The Balaban J connectivity index is 1.95. The lowest BCUT2D eigenvalue weighted by Gasteiger charge is -2.26. The van der Waals surface area contributed by atoms with Crippen LogP contribution >= 0.6 is 20.0 Å². The molecule has 6 heteroatoms. The fraction of sp³-hybridized carbons (Fsp3) is 1.00. The van der Waals surface area contributed by atoms with Gasteiger partial charge >= 0.3 is 8.25 Å². The van der Waals surface area contributed by atoms with Crippen molar-refractivity contribution < 1.29 is 18.7 Å². The van der Waals surface area contributed by atoms with Gasteiger partial charge in [-0.2, -0.15) is 11.8 Å². The van der Waals surface area contributed by atoms with Crippen molar-refractivity contribution >= 4 is 20.0 Å². The minimum atomic E-state index is -2.47. The van der Waals surface area contributed by atoms with E-state index in [1.165, 1.54) is 121 Å². The van der Waals surface area contributed by atoms with E-state index < -0.39 is 8.25 Å². The number of hydrogen-bond donors (Lipinski definition) is 1. The minimum absolute atomic E-state index is 0.267. The van der Waals surface area contributed by atoms with Crippen LogP contribution in [0.2, 0.25) is 0 Å². The van der Waals surface area contributed by atoms with Crippen molar-refractivity contribution in [3.8, 4) is 0 Å². The number of hydrogen-bond acceptors (Lipinski definition) is 4. The highest BCUT2D eigenvalue weighted by Crippen LogP contribution is 2.34. The minimum Gasteiger partial charge on any atom is -0.378 e. The van der Waals surface area contributed by atoms with Crippen LogP contribution in [-0.4, -0.2) is 35.7 Å². The summed E-state index contributed by atoms with van der Waals surface area (Å²) in [5, 5.41) is 0. The molecule has 1 rings (SSSR count). The van der Waals surface area contributed by atoms with Gasteiger partial charge in [0.15, 0.2) is 0 Å². The van der Waals surface area contributed by atoms with Crippen molar-refractivity contribution in [1.29, 1.82) is 0 Å². The van der Waals surface area contributed by atoms with E-state index in [0.29, 0.717) is 13.0 Å². The summed E-state index contributed by atoms with van der Waals surface area (Å²) in [6.45, 7) is 5.34. The second-order valence-electron chi connectivity index (χ2n) is 10.4. The Labute approximate surface area is 217 Å². The van der Waals surface area contributed by atoms with Crippen LogP contribution in [-0.2, 0) is 13.8 Å². The molecule has 1 aliphatic carbocycles. The Morgan fingerprint density at radius 3 is 2.21 bits per heavy atom. The number of ether oxygens (including phenoxy) is 1. The molecule has 0 heterocycles. The Kier molecular flexibility index (Phi) is 22.6. The van der Waals surface area contributed by atoms with Gasteiger partial charge in [-0.15, -0.1) is 0 Å². The van der Waals surface area contributed by atoms with Crippen LogP contribution in [0.25, 0.3) is 0 Å². The van der Waals surface area contributed by atoms with Crippen molar-refractivity contribution in [3.63, 3.8) is 0 Å². The van der Waals surface area contributed by atoms with E-state index in [1.54, 1.807) is 0 Å². The molecule has 1 aliphatic rings. The van der Waals surface area contributed by atoms with Crippen molar-refractivity contribution in [2.24, 2.45) is 11.8 Å². The summed E-state index contributed by atoms with van der Waals surface area (Å²) in [4.78, 5) is 8.57. The summed E-state index contributed by atoms with van der Waals surface area (Å²) in [5.74, 6) is 4.77. The average molecular weight is 520 g/mol. The number of rotatable bonds is 23. The molecule has 1 fully saturated rings. The lowest BCUT2D eigenvalue weighted by molar-refractivity contribution is 0.0505. The van der Waals surface area contributed by atoms with E-state index in [-0.39, 0.29) is 12.7 Å². The van der Waals surface area contributed by atoms with Gasteiger partial charge in [0, 0.05) is 6.61 Å². The molecule has 3 unspecified atom stereocenters. The van der Waals surface area contributed by atoms with Crippen LogP contribution in [0.15, 0.2) is 0 Å². The van der Waals surface area contributed by atoms with Gasteiger partial charge in [0.05, 0.1) is 12.7 Å². The summed E-state index contributed by atoms with van der Waals surface area (Å²) >= 11 is 2.22. The normalized spacial score (nSPS) is 17.4. The molecule has 1 radical (unpaired) electrons. The first kappa shape index (κ1) is 32.4. The van der Waals surface area contributed by atoms with Gasteiger partial charge in [-0.3, -0.25) is 9.42 Å². The standard InChI is InChI=1S/C28H56O4PS/c1-3-4-11-18-28(27-19-13-8-9-14-20-27)21-25-34-24-15-10-6-5-7-12-17-26(2)31-22-16-23-32-33(29)30/h26-28H,3-25H2,1-2H3,(H,29,30). The van der Waals surface area contributed by atoms with Crippen LogP contribution in [0.4, 0.5) is 0 Å². The number of thioether (sulfide) groups is 1. The molecule has 0 saturated heterocycles. The fourth-order valence-electron chi connectivity index (χ4n) is 5.30. The molecule has 0 aromatic carbocycles. The summed E-state index contributed by atoms with van der Waals surface area (Å²) in [6.07, 6.45) is 26.2. The lowest BCUT2D eigenvalue weighted by atomic mass is 9.81. The zero-order chi connectivity index (χ0) is 24.7. The molecule has 203 valence electrons. The van der Waals surface area contributed by atoms with Gasteiger partial charge in [-0.1, -0.05) is 103 Å². The monoisotopic (exact) mass is 519 g/mol. The summed E-state index contributed by atoms with van der Waals surface area (Å²) in [6, 6.07) is 0. The van der Waals surface area contributed by atoms with Gasteiger partial charge in [-0.25, -0.2) is 4.57 Å². The Bertz CT molecular complexity index is 458. The second kappa shape index (κ2) is 23.7. The Morgan fingerprint density at radius 1 is 0.824 bits per heavy atom. The molecule has 0 aromatic rings. The third-order valence-electron chi connectivity index (χ3n) is 7.42. The quantitative estimate of drug-likeness (QED) is 0.0827. The second-order valence-corrected chi connectivity index (χ2v) is 12.4. The van der Waals surface area contributed by atoms with Crippen LogP contribution < -0.4 is 0 Å². The van der Waals surface area contributed by atoms with Crippen molar-refractivity contribution in [1.82, 2.24) is 0 Å². The highest BCUT2D eigenvalue weighted by atomic mass is 32.2. The van der Waals surface area contributed by atoms with Crippen LogP contribution in [0.3, 0.4) is 0 Å². The van der Waals surface area contributed by atoms with Gasteiger partial charge < -0.3 is 4.74 Å². The zero-order valence-corrected chi connectivity index (χ0v) is 24.2. The van der Waals surface area contributed by atoms with E-state index in [1.807, 2.05) is 0 Å². The number of unbranched alkanes of at least 4 members (excludes halogenated alkanes) is 7. The highest BCUT2D eigenvalue weighted by Gasteiger charge is 2.22. The first-order valence-corrected chi connectivity index (χ1v) is 16.9. The predicted octanol–water partition coefficient (Wildman–Crippen LogP) is 9.47. The SMILES string of the molecule is CCCCCC(CCSCCCCCCCCC(C)OCCCO[P](=O)O)C1CCCCCC1. The van der Waals surface area contributed by atoms with E-state index in [4.69, 9.17) is 9.63 Å². The molecule has 0 bridgehead atoms. The Hall–Kier alpha value is 0.330. The van der Waals surface area contributed by atoms with Gasteiger partial charge in [0.2, 0.25) is 0 Å². The Morgan fingerprint density at radius 2 is 1.50 bits per heavy atom. The summed E-state index contributed by atoms with van der Waals surface area (Å²) in [7, 11) is -2.47. The molecule has 4 nitrogen and oxygen atoms in total. The first-order chi connectivity index (χ1) is 16.6. The molecule has 1 N–H and O–H groups in total. The first-order valence-electron chi connectivity index (χ1n) is 14.6. The van der Waals surface area contributed by atoms with Crippen LogP contribution in [0, 0.1) is 11.8 Å². The fourth-order valence-corrected chi connectivity index (χ4v) is 6.67.